The van der Waals surface area contributed by atoms with Crippen molar-refractivity contribution in [2.45, 2.75) is 65.5 Å². The molecule has 1 aliphatic heterocycles. The predicted molar refractivity (Wildman–Crippen MR) is 72.1 cm³/mol. The van der Waals surface area contributed by atoms with Crippen LogP contribution in [0.2, 0.25) is 0 Å². The topological polar surface area (TPSA) is 49.4 Å². The van der Waals surface area contributed by atoms with Gasteiger partial charge in [-0.2, -0.15) is 0 Å². The van der Waals surface area contributed by atoms with Crippen LogP contribution in [0.4, 0.5) is 0 Å². The molecule has 2 amide bonds. The van der Waals surface area contributed by atoms with Crippen LogP contribution in [-0.2, 0) is 9.59 Å². The molecule has 104 valence electrons. The molecule has 0 spiro atoms. The Bertz CT molecular complexity index is 324. The molecular weight excluding hydrogens is 228 g/mol. The molecule has 0 saturated carbocycles. The zero-order valence-electron chi connectivity index (χ0n) is 12.2. The molecule has 0 aromatic rings. The number of hydrogen-bond acceptors (Lipinski definition) is 2. The molecule has 0 bridgehead atoms. The van der Waals surface area contributed by atoms with Crippen molar-refractivity contribution in [1.29, 1.82) is 0 Å². The maximum Gasteiger partial charge on any atom is 0.245 e. The Morgan fingerprint density at radius 1 is 1.39 bits per heavy atom. The first kappa shape index (κ1) is 15.0. The molecule has 1 atom stereocenters. The van der Waals surface area contributed by atoms with Gasteiger partial charge in [0.25, 0.3) is 0 Å². The van der Waals surface area contributed by atoms with E-state index in [1.165, 1.54) is 0 Å². The average molecular weight is 254 g/mol. The number of nitrogens with one attached hydrogen (secondary N) is 1. The van der Waals surface area contributed by atoms with Crippen molar-refractivity contribution in [3.8, 4) is 0 Å². The fourth-order valence-corrected chi connectivity index (χ4v) is 2.26. The van der Waals surface area contributed by atoms with E-state index in [1.807, 2.05) is 4.90 Å². The zero-order valence-corrected chi connectivity index (χ0v) is 12.2. The SMILES string of the molecule is CCC(C)(C)N1CCC(=O)NC(CC(C)C)C1=O. The van der Waals surface area contributed by atoms with Gasteiger partial charge in [-0.3, -0.25) is 9.59 Å². The molecule has 1 unspecified atom stereocenters. The molecule has 0 radical (unpaired) electrons. The summed E-state index contributed by atoms with van der Waals surface area (Å²) in [5, 5.41) is 2.86. The van der Waals surface area contributed by atoms with Crippen LogP contribution in [0.15, 0.2) is 0 Å². The number of carbonyl (C=O) groups excluding carboxylic acids is 2. The minimum atomic E-state index is -0.356. The molecule has 18 heavy (non-hydrogen) atoms. The van der Waals surface area contributed by atoms with Crippen molar-refractivity contribution >= 4 is 11.8 Å². The van der Waals surface area contributed by atoms with E-state index < -0.39 is 0 Å². The van der Waals surface area contributed by atoms with Crippen molar-refractivity contribution in [3.63, 3.8) is 0 Å². The van der Waals surface area contributed by atoms with Crippen LogP contribution in [0.5, 0.6) is 0 Å². The number of carbonyl (C=O) groups is 2. The fraction of sp³-hybridized carbons (Fsp3) is 0.857. The van der Waals surface area contributed by atoms with Crippen molar-refractivity contribution in [1.82, 2.24) is 10.2 Å². The number of rotatable bonds is 4. The summed E-state index contributed by atoms with van der Waals surface area (Å²) < 4.78 is 0. The normalized spacial score (nSPS) is 22.1. The van der Waals surface area contributed by atoms with Gasteiger partial charge in [0.2, 0.25) is 11.8 Å². The van der Waals surface area contributed by atoms with Crippen LogP contribution in [0.1, 0.15) is 53.9 Å². The lowest BCUT2D eigenvalue weighted by Crippen LogP contribution is -2.53. The molecule has 1 N–H and O–H groups in total. The Balaban J connectivity index is 2.93. The van der Waals surface area contributed by atoms with Crippen molar-refractivity contribution in [3.05, 3.63) is 0 Å². The van der Waals surface area contributed by atoms with Crippen molar-refractivity contribution in [2.75, 3.05) is 6.54 Å². The summed E-state index contributed by atoms with van der Waals surface area (Å²) in [5.41, 5.74) is -0.182. The van der Waals surface area contributed by atoms with Crippen LogP contribution in [0.3, 0.4) is 0 Å². The predicted octanol–water partition coefficient (Wildman–Crippen LogP) is 1.94. The van der Waals surface area contributed by atoms with E-state index in [0.29, 0.717) is 25.3 Å². The van der Waals surface area contributed by atoms with E-state index in [4.69, 9.17) is 0 Å². The Kier molecular flexibility index (Phi) is 4.77. The molecule has 1 rings (SSSR count). The van der Waals surface area contributed by atoms with Gasteiger partial charge >= 0.3 is 0 Å². The summed E-state index contributed by atoms with van der Waals surface area (Å²) in [7, 11) is 0. The first-order valence-electron chi connectivity index (χ1n) is 6.88. The highest BCUT2D eigenvalue weighted by molar-refractivity contribution is 5.90. The summed E-state index contributed by atoms with van der Waals surface area (Å²) >= 11 is 0. The van der Waals surface area contributed by atoms with Gasteiger partial charge in [0, 0.05) is 18.5 Å². The molecule has 0 aromatic heterocycles. The Morgan fingerprint density at radius 3 is 2.50 bits per heavy atom. The van der Waals surface area contributed by atoms with Gasteiger partial charge < -0.3 is 10.2 Å². The molecule has 1 fully saturated rings. The third-order valence-corrected chi connectivity index (χ3v) is 3.76. The lowest BCUT2D eigenvalue weighted by molar-refractivity contribution is -0.138. The monoisotopic (exact) mass is 254 g/mol. The van der Waals surface area contributed by atoms with Crippen molar-refractivity contribution in [2.24, 2.45) is 5.92 Å². The Hall–Kier alpha value is -1.06. The van der Waals surface area contributed by atoms with Crippen LogP contribution in [0.25, 0.3) is 0 Å². The second-order valence-corrected chi connectivity index (χ2v) is 6.16. The summed E-state index contributed by atoms with van der Waals surface area (Å²) in [5.74, 6) is 0.453. The number of hydrogen-bond donors (Lipinski definition) is 1. The first-order valence-corrected chi connectivity index (χ1v) is 6.88. The highest BCUT2D eigenvalue weighted by atomic mass is 16.2. The maximum atomic E-state index is 12.5. The van der Waals surface area contributed by atoms with E-state index >= 15 is 0 Å². The van der Waals surface area contributed by atoms with Crippen LogP contribution in [-0.4, -0.2) is 34.8 Å². The average Bonchev–Trinajstić information content (AvgIpc) is 2.39. The van der Waals surface area contributed by atoms with E-state index in [-0.39, 0.29) is 23.4 Å². The van der Waals surface area contributed by atoms with Gasteiger partial charge in [-0.05, 0) is 32.6 Å². The Labute approximate surface area is 110 Å². The Morgan fingerprint density at radius 2 is 2.00 bits per heavy atom. The van der Waals surface area contributed by atoms with E-state index in [2.05, 4.69) is 39.9 Å². The van der Waals surface area contributed by atoms with Gasteiger partial charge in [0.1, 0.15) is 6.04 Å². The fourth-order valence-electron chi connectivity index (χ4n) is 2.26. The van der Waals surface area contributed by atoms with E-state index in [0.717, 1.165) is 6.42 Å². The highest BCUT2D eigenvalue weighted by Gasteiger charge is 2.36. The second-order valence-electron chi connectivity index (χ2n) is 6.16. The minimum absolute atomic E-state index is 0.0107. The van der Waals surface area contributed by atoms with Gasteiger partial charge in [0.15, 0.2) is 0 Å². The number of amides is 2. The van der Waals surface area contributed by atoms with E-state index in [9.17, 15) is 9.59 Å². The smallest absolute Gasteiger partial charge is 0.245 e. The zero-order chi connectivity index (χ0) is 13.9. The largest absolute Gasteiger partial charge is 0.344 e. The van der Waals surface area contributed by atoms with E-state index in [1.54, 1.807) is 0 Å². The minimum Gasteiger partial charge on any atom is -0.344 e. The lowest BCUT2D eigenvalue weighted by atomic mass is 9.96. The highest BCUT2D eigenvalue weighted by Crippen LogP contribution is 2.23. The third kappa shape index (κ3) is 3.47. The quantitative estimate of drug-likeness (QED) is 0.833. The molecule has 1 saturated heterocycles. The standard InChI is InChI=1S/C14H26N2O2/c1-6-14(4,5)16-8-7-12(17)15-11(13(16)18)9-10(2)3/h10-11H,6-9H2,1-5H3,(H,15,17). The molecule has 4 heteroatoms. The van der Waals surface area contributed by atoms with Crippen LogP contribution >= 0.6 is 0 Å². The first-order chi connectivity index (χ1) is 8.27. The molecule has 1 aliphatic rings. The third-order valence-electron chi connectivity index (χ3n) is 3.76. The van der Waals surface area contributed by atoms with Gasteiger partial charge in [0.05, 0.1) is 0 Å². The molecule has 0 aromatic carbocycles. The summed E-state index contributed by atoms with van der Waals surface area (Å²) in [4.78, 5) is 26.1. The summed E-state index contributed by atoms with van der Waals surface area (Å²) in [6.45, 7) is 10.9. The van der Waals surface area contributed by atoms with Crippen LogP contribution < -0.4 is 5.32 Å². The number of nitrogens with zero attached hydrogens (tertiary/aromatic N) is 1. The second kappa shape index (κ2) is 5.72. The van der Waals surface area contributed by atoms with Gasteiger partial charge in [-0.15, -0.1) is 0 Å². The molecular formula is C14H26N2O2. The molecule has 0 aliphatic carbocycles. The van der Waals surface area contributed by atoms with Gasteiger partial charge in [-0.25, -0.2) is 0 Å². The van der Waals surface area contributed by atoms with Crippen molar-refractivity contribution < 1.29 is 9.59 Å². The van der Waals surface area contributed by atoms with Gasteiger partial charge in [-0.1, -0.05) is 20.8 Å². The maximum absolute atomic E-state index is 12.5. The lowest BCUT2D eigenvalue weighted by Gasteiger charge is -2.38. The molecule has 1 heterocycles. The van der Waals surface area contributed by atoms with Crippen LogP contribution in [0, 0.1) is 5.92 Å². The summed E-state index contributed by atoms with van der Waals surface area (Å²) in [6, 6.07) is -0.356. The summed E-state index contributed by atoms with van der Waals surface area (Å²) in [6.07, 6.45) is 2.01. The molecule has 4 nitrogen and oxygen atoms in total.